The largest absolute Gasteiger partial charge is 0.573 e. The summed E-state index contributed by atoms with van der Waals surface area (Å²) in [5, 5.41) is 9.06. The van der Waals surface area contributed by atoms with Crippen molar-refractivity contribution in [3.05, 3.63) is 66.6 Å². The van der Waals surface area contributed by atoms with Gasteiger partial charge in [-0.3, -0.25) is 0 Å². The second kappa shape index (κ2) is 9.21. The van der Waals surface area contributed by atoms with E-state index in [2.05, 4.69) is 25.5 Å². The first-order valence-electron chi connectivity index (χ1n) is 9.89. The summed E-state index contributed by atoms with van der Waals surface area (Å²) in [7, 11) is 1.25. The number of benzene rings is 2. The molecule has 10 nitrogen and oxygen atoms in total. The Bertz CT molecular complexity index is 1400. The number of nitrogens with zero attached hydrogens (tertiary/aromatic N) is 3. The number of rotatable bonds is 5. The number of fused-ring (bicyclic) bond motifs is 1. The molecule has 13 heteroatoms. The van der Waals surface area contributed by atoms with Gasteiger partial charge < -0.3 is 25.8 Å². The number of amides is 2. The third-order valence-electron chi connectivity index (χ3n) is 4.76. The number of aromatic nitrogens is 3. The van der Waals surface area contributed by atoms with Crippen molar-refractivity contribution in [1.82, 2.24) is 14.6 Å². The molecule has 0 aliphatic heterocycles. The number of halogens is 3. The fraction of sp³-hybridized carbons (Fsp3) is 0.0909. The molecule has 2 aromatic carbocycles. The molecule has 2 heterocycles. The van der Waals surface area contributed by atoms with Gasteiger partial charge in [0.1, 0.15) is 17.6 Å². The number of ether oxygens (including phenoxy) is 2. The predicted octanol–water partition coefficient (Wildman–Crippen LogP) is 4.31. The molecule has 180 valence electrons. The van der Waals surface area contributed by atoms with Crippen molar-refractivity contribution in [2.75, 3.05) is 23.5 Å². The quantitative estimate of drug-likeness (QED) is 0.358. The van der Waals surface area contributed by atoms with Crippen LogP contribution in [0.4, 0.5) is 35.2 Å². The van der Waals surface area contributed by atoms with Crippen molar-refractivity contribution in [3.8, 4) is 16.9 Å². The van der Waals surface area contributed by atoms with Gasteiger partial charge in [-0.05, 0) is 29.8 Å². The van der Waals surface area contributed by atoms with Gasteiger partial charge in [0.2, 0.25) is 0 Å². The SMILES string of the molecule is COC(=O)c1cn2ncnc(N)c2c1-c1ccc(NC(=O)Nc2cccc(OC(F)(F)F)c2)cc1. The summed E-state index contributed by atoms with van der Waals surface area (Å²) < 4.78 is 47.3. The lowest BCUT2D eigenvalue weighted by Gasteiger charge is -2.12. The Morgan fingerprint density at radius 1 is 1.06 bits per heavy atom. The number of carbonyl (C=O) groups is 2. The van der Waals surface area contributed by atoms with Gasteiger partial charge in [0, 0.05) is 29.2 Å². The molecular weight excluding hydrogens is 469 g/mol. The van der Waals surface area contributed by atoms with Crippen LogP contribution in [0.15, 0.2) is 61.1 Å². The standard InChI is InChI=1S/C22H17F3N6O4/c1-34-20(32)16-10-31-18(19(26)27-11-28-31)17(16)12-5-7-13(8-6-12)29-21(33)30-14-3-2-4-15(9-14)35-22(23,24)25/h2-11H,1H3,(H2,26,27,28)(H2,29,30,33). The maximum absolute atomic E-state index is 12.4. The van der Waals surface area contributed by atoms with Crippen molar-refractivity contribution in [3.63, 3.8) is 0 Å². The first-order valence-corrected chi connectivity index (χ1v) is 9.89. The van der Waals surface area contributed by atoms with Gasteiger partial charge in [0.05, 0.1) is 12.7 Å². The Balaban J connectivity index is 1.54. The number of esters is 1. The van der Waals surface area contributed by atoms with E-state index in [9.17, 15) is 22.8 Å². The van der Waals surface area contributed by atoms with E-state index in [1.807, 2.05) is 0 Å². The molecule has 0 unspecified atom stereocenters. The summed E-state index contributed by atoms with van der Waals surface area (Å²) in [6, 6.07) is 10.6. The van der Waals surface area contributed by atoms with E-state index in [-0.39, 0.29) is 17.1 Å². The molecular formula is C22H17F3N6O4. The number of carbonyl (C=O) groups excluding carboxylic acids is 2. The number of alkyl halides is 3. The minimum Gasteiger partial charge on any atom is -0.465 e. The molecule has 0 saturated heterocycles. The average Bonchev–Trinajstić information content (AvgIpc) is 3.19. The summed E-state index contributed by atoms with van der Waals surface area (Å²) in [6.45, 7) is 0. The second-order valence-electron chi connectivity index (χ2n) is 7.08. The first kappa shape index (κ1) is 23.4. The third-order valence-corrected chi connectivity index (χ3v) is 4.76. The average molecular weight is 486 g/mol. The van der Waals surface area contributed by atoms with Crippen molar-refractivity contribution in [2.45, 2.75) is 6.36 Å². The molecule has 4 rings (SSSR count). The zero-order chi connectivity index (χ0) is 25.2. The van der Waals surface area contributed by atoms with Crippen molar-refractivity contribution >= 4 is 34.7 Å². The van der Waals surface area contributed by atoms with E-state index in [0.29, 0.717) is 22.3 Å². The Labute approximate surface area is 195 Å². The van der Waals surface area contributed by atoms with E-state index in [4.69, 9.17) is 10.5 Å². The highest BCUT2D eigenvalue weighted by molar-refractivity contribution is 6.05. The van der Waals surface area contributed by atoms with Gasteiger partial charge >= 0.3 is 18.4 Å². The molecule has 2 amide bonds. The summed E-state index contributed by atoms with van der Waals surface area (Å²) in [4.78, 5) is 28.6. The maximum Gasteiger partial charge on any atom is 0.573 e. The van der Waals surface area contributed by atoms with Gasteiger partial charge in [-0.2, -0.15) is 5.10 Å². The number of hydrogen-bond donors (Lipinski definition) is 3. The highest BCUT2D eigenvalue weighted by atomic mass is 19.4. The van der Waals surface area contributed by atoms with Crippen molar-refractivity contribution < 1.29 is 32.2 Å². The van der Waals surface area contributed by atoms with Gasteiger partial charge in [-0.15, -0.1) is 13.2 Å². The van der Waals surface area contributed by atoms with Crippen LogP contribution in [0.3, 0.4) is 0 Å². The lowest BCUT2D eigenvalue weighted by molar-refractivity contribution is -0.274. The van der Waals surface area contributed by atoms with Gasteiger partial charge in [0.15, 0.2) is 5.82 Å². The summed E-state index contributed by atoms with van der Waals surface area (Å²) >= 11 is 0. The molecule has 0 fully saturated rings. The molecule has 0 radical (unpaired) electrons. The third kappa shape index (κ3) is 5.24. The highest BCUT2D eigenvalue weighted by Crippen LogP contribution is 2.33. The van der Waals surface area contributed by atoms with E-state index >= 15 is 0 Å². The maximum atomic E-state index is 12.4. The Morgan fingerprint density at radius 2 is 1.77 bits per heavy atom. The monoisotopic (exact) mass is 486 g/mol. The lowest BCUT2D eigenvalue weighted by atomic mass is 10.0. The Hall–Kier alpha value is -4.81. The van der Waals surface area contributed by atoms with Gasteiger partial charge in [-0.1, -0.05) is 18.2 Å². The Morgan fingerprint density at radius 3 is 2.46 bits per heavy atom. The number of hydrogen-bond acceptors (Lipinski definition) is 7. The molecule has 4 aromatic rings. The Kier molecular flexibility index (Phi) is 6.14. The number of methoxy groups -OCH3 is 1. The number of urea groups is 1. The van der Waals surface area contributed by atoms with Crippen molar-refractivity contribution in [1.29, 1.82) is 0 Å². The van der Waals surface area contributed by atoms with Gasteiger partial charge in [0.25, 0.3) is 0 Å². The smallest absolute Gasteiger partial charge is 0.465 e. The molecule has 0 aliphatic rings. The van der Waals surface area contributed by atoms with Crippen LogP contribution in [0.25, 0.3) is 16.6 Å². The molecule has 35 heavy (non-hydrogen) atoms. The first-order chi connectivity index (χ1) is 16.6. The van der Waals surface area contributed by atoms with Gasteiger partial charge in [-0.25, -0.2) is 19.1 Å². The molecule has 0 bridgehead atoms. The predicted molar refractivity (Wildman–Crippen MR) is 120 cm³/mol. The topological polar surface area (TPSA) is 133 Å². The summed E-state index contributed by atoms with van der Waals surface area (Å²) in [6.07, 6.45) is -2.12. The van der Waals surface area contributed by atoms with Crippen LogP contribution < -0.4 is 21.1 Å². The number of nitrogens with one attached hydrogen (secondary N) is 2. The molecule has 2 aromatic heterocycles. The molecule has 0 saturated carbocycles. The zero-order valence-electron chi connectivity index (χ0n) is 18.0. The number of nitrogen functional groups attached to an aromatic ring is 1. The molecule has 0 atom stereocenters. The minimum absolute atomic E-state index is 0.0966. The fourth-order valence-electron chi connectivity index (χ4n) is 3.38. The normalized spacial score (nSPS) is 11.2. The van der Waals surface area contributed by atoms with Crippen molar-refractivity contribution in [2.24, 2.45) is 0 Å². The number of nitrogens with two attached hydrogens (primary N) is 1. The zero-order valence-corrected chi connectivity index (χ0v) is 18.0. The number of anilines is 3. The summed E-state index contributed by atoms with van der Waals surface area (Å²) in [5.74, 6) is -0.907. The summed E-state index contributed by atoms with van der Waals surface area (Å²) in [5.41, 5.74) is 8.14. The van der Waals surface area contributed by atoms with Crippen LogP contribution in [-0.4, -0.2) is 40.1 Å². The molecule has 0 spiro atoms. The molecule has 0 aliphatic carbocycles. The van der Waals surface area contributed by atoms with E-state index < -0.39 is 24.1 Å². The highest BCUT2D eigenvalue weighted by Gasteiger charge is 2.31. The van der Waals surface area contributed by atoms with E-state index in [1.165, 1.54) is 36.3 Å². The van der Waals surface area contributed by atoms with Crippen LogP contribution in [0.2, 0.25) is 0 Å². The second-order valence-corrected chi connectivity index (χ2v) is 7.08. The minimum atomic E-state index is -4.85. The van der Waals surface area contributed by atoms with Crippen LogP contribution >= 0.6 is 0 Å². The molecule has 4 N–H and O–H groups in total. The lowest BCUT2D eigenvalue weighted by Crippen LogP contribution is -2.20. The van der Waals surface area contributed by atoms with E-state index in [0.717, 1.165) is 12.1 Å². The van der Waals surface area contributed by atoms with Crippen LogP contribution in [0, 0.1) is 0 Å². The van der Waals surface area contributed by atoms with Crippen LogP contribution in [-0.2, 0) is 4.74 Å². The van der Waals surface area contributed by atoms with Crippen LogP contribution in [0.5, 0.6) is 5.75 Å². The fourth-order valence-corrected chi connectivity index (χ4v) is 3.38. The van der Waals surface area contributed by atoms with Crippen LogP contribution in [0.1, 0.15) is 10.4 Å². The van der Waals surface area contributed by atoms with E-state index in [1.54, 1.807) is 24.3 Å².